The first-order valence-electron chi connectivity index (χ1n) is 5.74. The highest BCUT2D eigenvalue weighted by molar-refractivity contribution is 5.57. The molecular weight excluding hydrogens is 232 g/mol. The predicted molar refractivity (Wildman–Crippen MR) is 69.2 cm³/mol. The second kappa shape index (κ2) is 8.28. The van der Waals surface area contributed by atoms with Gasteiger partial charge in [-0.25, -0.2) is 4.98 Å². The minimum absolute atomic E-state index is 0.454. The van der Waals surface area contributed by atoms with Gasteiger partial charge in [0.1, 0.15) is 11.9 Å². The molecule has 1 rings (SSSR count). The number of anilines is 2. The SMILES string of the molecule is COCCOCCCNc1ncc(N)cc1C#N. The molecule has 1 heterocycles. The summed E-state index contributed by atoms with van der Waals surface area (Å²) in [4.78, 5) is 4.08. The van der Waals surface area contributed by atoms with E-state index in [2.05, 4.69) is 16.4 Å². The van der Waals surface area contributed by atoms with Gasteiger partial charge < -0.3 is 20.5 Å². The normalized spacial score (nSPS) is 10.0. The number of pyridine rings is 1. The third-order valence-corrected chi connectivity index (χ3v) is 2.22. The molecule has 1 aromatic heterocycles. The van der Waals surface area contributed by atoms with Gasteiger partial charge in [0.2, 0.25) is 0 Å². The summed E-state index contributed by atoms with van der Waals surface area (Å²) >= 11 is 0. The number of hydrogen-bond acceptors (Lipinski definition) is 6. The second-order valence-corrected chi connectivity index (χ2v) is 3.66. The molecule has 1 aromatic rings. The Morgan fingerprint density at radius 2 is 2.28 bits per heavy atom. The van der Waals surface area contributed by atoms with Crippen LogP contribution in [0.15, 0.2) is 12.3 Å². The topological polar surface area (TPSA) is 93.2 Å². The van der Waals surface area contributed by atoms with Crippen molar-refractivity contribution in [3.05, 3.63) is 17.8 Å². The lowest BCUT2D eigenvalue weighted by molar-refractivity contribution is 0.0705. The first-order valence-corrected chi connectivity index (χ1v) is 5.74. The van der Waals surface area contributed by atoms with E-state index in [4.69, 9.17) is 20.5 Å². The Labute approximate surface area is 107 Å². The minimum atomic E-state index is 0.454. The Morgan fingerprint density at radius 3 is 3.00 bits per heavy atom. The largest absolute Gasteiger partial charge is 0.397 e. The Hall–Kier alpha value is -1.84. The van der Waals surface area contributed by atoms with Crippen molar-refractivity contribution in [1.29, 1.82) is 5.26 Å². The third-order valence-electron chi connectivity index (χ3n) is 2.22. The van der Waals surface area contributed by atoms with Gasteiger partial charge in [0.25, 0.3) is 0 Å². The van der Waals surface area contributed by atoms with Gasteiger partial charge >= 0.3 is 0 Å². The lowest BCUT2D eigenvalue weighted by Crippen LogP contribution is -2.10. The van der Waals surface area contributed by atoms with Gasteiger partial charge in [0.15, 0.2) is 0 Å². The van der Waals surface area contributed by atoms with E-state index in [1.165, 1.54) is 6.20 Å². The number of nitrogen functional groups attached to an aromatic ring is 1. The molecule has 0 aliphatic heterocycles. The summed E-state index contributed by atoms with van der Waals surface area (Å²) in [6.45, 7) is 2.54. The number of hydrogen-bond donors (Lipinski definition) is 2. The maximum Gasteiger partial charge on any atom is 0.144 e. The van der Waals surface area contributed by atoms with Crippen molar-refractivity contribution in [3.8, 4) is 6.07 Å². The van der Waals surface area contributed by atoms with E-state index >= 15 is 0 Å². The number of nitrogens with one attached hydrogen (secondary N) is 1. The summed E-state index contributed by atoms with van der Waals surface area (Å²) in [5.74, 6) is 0.559. The van der Waals surface area contributed by atoms with Gasteiger partial charge in [-0.2, -0.15) is 5.26 Å². The summed E-state index contributed by atoms with van der Waals surface area (Å²) in [5.41, 5.74) is 6.49. The van der Waals surface area contributed by atoms with E-state index in [1.54, 1.807) is 13.2 Å². The van der Waals surface area contributed by atoms with E-state index in [0.717, 1.165) is 6.42 Å². The molecule has 3 N–H and O–H groups in total. The van der Waals surface area contributed by atoms with Gasteiger partial charge in [0.05, 0.1) is 30.7 Å². The molecule has 0 amide bonds. The number of nitrogens with zero attached hydrogens (tertiary/aromatic N) is 2. The number of aromatic nitrogens is 1. The molecule has 0 aromatic carbocycles. The van der Waals surface area contributed by atoms with E-state index in [-0.39, 0.29) is 0 Å². The van der Waals surface area contributed by atoms with Gasteiger partial charge in [0, 0.05) is 20.3 Å². The van der Waals surface area contributed by atoms with Crippen LogP contribution in [0.25, 0.3) is 0 Å². The first kappa shape index (κ1) is 14.2. The molecule has 0 fully saturated rings. The molecule has 6 nitrogen and oxygen atoms in total. The molecular formula is C12H18N4O2. The van der Waals surface area contributed by atoms with Crippen LogP contribution in [-0.2, 0) is 9.47 Å². The van der Waals surface area contributed by atoms with Crippen LogP contribution in [0.3, 0.4) is 0 Å². The fourth-order valence-corrected chi connectivity index (χ4v) is 1.33. The molecule has 0 bridgehead atoms. The number of nitriles is 1. The van der Waals surface area contributed by atoms with Gasteiger partial charge in [-0.05, 0) is 12.5 Å². The number of nitrogens with two attached hydrogens (primary N) is 1. The zero-order chi connectivity index (χ0) is 13.2. The molecule has 6 heteroatoms. The highest BCUT2D eigenvalue weighted by Crippen LogP contribution is 2.13. The molecule has 18 heavy (non-hydrogen) atoms. The van der Waals surface area contributed by atoms with Crippen LogP contribution in [0.5, 0.6) is 0 Å². The summed E-state index contributed by atoms with van der Waals surface area (Å²) in [5, 5.41) is 12.0. The monoisotopic (exact) mass is 250 g/mol. The van der Waals surface area contributed by atoms with Crippen molar-refractivity contribution < 1.29 is 9.47 Å². The minimum Gasteiger partial charge on any atom is -0.397 e. The van der Waals surface area contributed by atoms with Crippen LogP contribution in [0, 0.1) is 11.3 Å². The molecule has 0 spiro atoms. The maximum absolute atomic E-state index is 8.92. The molecule has 0 aliphatic rings. The van der Waals surface area contributed by atoms with Crippen molar-refractivity contribution >= 4 is 11.5 Å². The highest BCUT2D eigenvalue weighted by Gasteiger charge is 2.02. The quantitative estimate of drug-likeness (QED) is 0.668. The Kier molecular flexibility index (Phi) is 6.54. The van der Waals surface area contributed by atoms with Crippen molar-refractivity contribution in [2.45, 2.75) is 6.42 Å². The fraction of sp³-hybridized carbons (Fsp3) is 0.500. The Bertz CT molecular complexity index is 404. The molecule has 0 saturated carbocycles. The van der Waals surface area contributed by atoms with Crippen molar-refractivity contribution in [2.75, 3.05) is 44.5 Å². The number of methoxy groups -OCH3 is 1. The standard InChI is InChI=1S/C12H18N4O2/c1-17-5-6-18-4-2-3-15-12-10(8-13)7-11(14)9-16-12/h7,9H,2-6,14H2,1H3,(H,15,16). The molecule has 0 saturated heterocycles. The van der Waals surface area contributed by atoms with Gasteiger partial charge in [-0.15, -0.1) is 0 Å². The van der Waals surface area contributed by atoms with Crippen molar-refractivity contribution in [3.63, 3.8) is 0 Å². The molecule has 0 aliphatic carbocycles. The van der Waals surface area contributed by atoms with Crippen LogP contribution < -0.4 is 11.1 Å². The maximum atomic E-state index is 8.92. The predicted octanol–water partition coefficient (Wildman–Crippen LogP) is 1.00. The summed E-state index contributed by atoms with van der Waals surface area (Å²) in [6, 6.07) is 3.65. The molecule has 0 radical (unpaired) electrons. The van der Waals surface area contributed by atoms with Crippen LogP contribution >= 0.6 is 0 Å². The smallest absolute Gasteiger partial charge is 0.144 e. The average molecular weight is 250 g/mol. The van der Waals surface area contributed by atoms with E-state index in [0.29, 0.717) is 43.4 Å². The van der Waals surface area contributed by atoms with Gasteiger partial charge in [-0.3, -0.25) is 0 Å². The molecule has 98 valence electrons. The Balaban J connectivity index is 2.25. The van der Waals surface area contributed by atoms with Crippen LogP contribution in [0.4, 0.5) is 11.5 Å². The fourth-order valence-electron chi connectivity index (χ4n) is 1.33. The van der Waals surface area contributed by atoms with E-state index < -0.39 is 0 Å². The zero-order valence-corrected chi connectivity index (χ0v) is 10.5. The van der Waals surface area contributed by atoms with Crippen molar-refractivity contribution in [1.82, 2.24) is 4.98 Å². The summed E-state index contributed by atoms with van der Waals surface area (Å²) < 4.78 is 10.2. The van der Waals surface area contributed by atoms with Crippen LogP contribution in [0.1, 0.15) is 12.0 Å². The third kappa shape index (κ3) is 4.99. The lowest BCUT2D eigenvalue weighted by Gasteiger charge is -2.08. The van der Waals surface area contributed by atoms with Gasteiger partial charge in [-0.1, -0.05) is 0 Å². The number of ether oxygens (including phenoxy) is 2. The van der Waals surface area contributed by atoms with E-state index in [1.807, 2.05) is 0 Å². The first-order chi connectivity index (χ1) is 8.77. The summed E-state index contributed by atoms with van der Waals surface area (Å²) in [6.07, 6.45) is 2.36. The van der Waals surface area contributed by atoms with E-state index in [9.17, 15) is 0 Å². The number of rotatable bonds is 8. The van der Waals surface area contributed by atoms with Crippen LogP contribution in [0.2, 0.25) is 0 Å². The zero-order valence-electron chi connectivity index (χ0n) is 10.5. The Morgan fingerprint density at radius 1 is 1.44 bits per heavy atom. The lowest BCUT2D eigenvalue weighted by atomic mass is 10.2. The second-order valence-electron chi connectivity index (χ2n) is 3.66. The highest BCUT2D eigenvalue weighted by atomic mass is 16.5. The average Bonchev–Trinajstić information content (AvgIpc) is 2.39. The summed E-state index contributed by atoms with van der Waals surface area (Å²) in [7, 11) is 1.64. The molecule has 0 atom stereocenters. The van der Waals surface area contributed by atoms with Crippen molar-refractivity contribution in [2.24, 2.45) is 0 Å². The molecule has 0 unspecified atom stereocenters. The van der Waals surface area contributed by atoms with Crippen LogP contribution in [-0.4, -0.2) is 38.5 Å².